The van der Waals surface area contributed by atoms with Gasteiger partial charge in [0.1, 0.15) is 18.2 Å². The zero-order valence-electron chi connectivity index (χ0n) is 11.6. The van der Waals surface area contributed by atoms with Crippen molar-refractivity contribution in [1.29, 1.82) is 0 Å². The van der Waals surface area contributed by atoms with Crippen LogP contribution in [0.5, 0.6) is 5.75 Å². The minimum absolute atomic E-state index is 0.168. The molecule has 4 heteroatoms. The topological polar surface area (TPSA) is 38.5 Å². The summed E-state index contributed by atoms with van der Waals surface area (Å²) in [6.45, 7) is 1.84. The number of nitrogens with zero attached hydrogens (tertiary/aromatic N) is 1. The molecule has 3 nitrogen and oxygen atoms in total. The van der Waals surface area contributed by atoms with Crippen LogP contribution >= 0.6 is 0 Å². The first-order valence-corrected chi connectivity index (χ1v) is 6.55. The Morgan fingerprint density at radius 2 is 1.80 bits per heavy atom. The van der Waals surface area contributed by atoms with Crippen molar-refractivity contribution in [3.63, 3.8) is 0 Å². The van der Waals surface area contributed by atoms with E-state index in [0.717, 1.165) is 12.3 Å². The Balaban J connectivity index is 1.76. The summed E-state index contributed by atoms with van der Waals surface area (Å²) in [5, 5.41) is 0. The fourth-order valence-electron chi connectivity index (χ4n) is 1.88. The molecule has 0 saturated carbocycles. The van der Waals surface area contributed by atoms with E-state index in [1.54, 1.807) is 24.3 Å². The summed E-state index contributed by atoms with van der Waals surface area (Å²) in [5.41, 5.74) is 7.02. The van der Waals surface area contributed by atoms with Gasteiger partial charge in [-0.1, -0.05) is 18.2 Å². The fourth-order valence-corrected chi connectivity index (χ4v) is 1.88. The average Bonchev–Trinajstić information content (AvgIpc) is 2.44. The van der Waals surface area contributed by atoms with Crippen molar-refractivity contribution in [3.8, 4) is 5.75 Å². The second kappa shape index (κ2) is 6.91. The molecule has 2 aromatic rings. The van der Waals surface area contributed by atoms with Gasteiger partial charge in [0.15, 0.2) is 0 Å². The van der Waals surface area contributed by atoms with Gasteiger partial charge >= 0.3 is 0 Å². The highest BCUT2D eigenvalue weighted by atomic mass is 19.1. The molecule has 0 unspecified atom stereocenters. The molecule has 0 atom stereocenters. The number of likely N-dealkylation sites (N-methyl/N-ethyl adjacent to an activating group) is 1. The lowest BCUT2D eigenvalue weighted by atomic mass is 10.2. The second-order valence-electron chi connectivity index (χ2n) is 4.75. The summed E-state index contributed by atoms with van der Waals surface area (Å²) < 4.78 is 19.1. The number of benzene rings is 2. The molecular formula is C16H19FN2O. The van der Waals surface area contributed by atoms with Crippen molar-refractivity contribution in [1.82, 2.24) is 4.90 Å². The van der Waals surface area contributed by atoms with Gasteiger partial charge in [-0.05, 0) is 37.4 Å². The SMILES string of the molecule is CN(CCOc1ccc(N)cc1)Cc1ccccc1F. The first kappa shape index (κ1) is 14.3. The smallest absolute Gasteiger partial charge is 0.127 e. The molecule has 2 N–H and O–H groups in total. The number of hydrogen-bond donors (Lipinski definition) is 1. The van der Waals surface area contributed by atoms with Crippen LogP contribution in [0.25, 0.3) is 0 Å². The van der Waals surface area contributed by atoms with E-state index >= 15 is 0 Å². The van der Waals surface area contributed by atoms with Crippen LogP contribution < -0.4 is 10.5 Å². The monoisotopic (exact) mass is 274 g/mol. The molecule has 0 saturated heterocycles. The van der Waals surface area contributed by atoms with Gasteiger partial charge in [0.05, 0.1) is 0 Å². The number of halogens is 1. The van der Waals surface area contributed by atoms with E-state index in [1.165, 1.54) is 6.07 Å². The summed E-state index contributed by atoms with van der Waals surface area (Å²) in [6.07, 6.45) is 0. The minimum atomic E-state index is -0.168. The summed E-state index contributed by atoms with van der Waals surface area (Å²) in [4.78, 5) is 2.02. The lowest BCUT2D eigenvalue weighted by Gasteiger charge is -2.17. The molecule has 20 heavy (non-hydrogen) atoms. The van der Waals surface area contributed by atoms with Gasteiger partial charge in [0.2, 0.25) is 0 Å². The van der Waals surface area contributed by atoms with Crippen LogP contribution in [0.4, 0.5) is 10.1 Å². The van der Waals surface area contributed by atoms with Gasteiger partial charge in [-0.2, -0.15) is 0 Å². The maximum Gasteiger partial charge on any atom is 0.127 e. The molecule has 2 rings (SSSR count). The number of nitrogen functional groups attached to an aromatic ring is 1. The van der Waals surface area contributed by atoms with E-state index in [2.05, 4.69) is 0 Å². The van der Waals surface area contributed by atoms with Gasteiger partial charge < -0.3 is 10.5 Å². The van der Waals surface area contributed by atoms with E-state index in [4.69, 9.17) is 10.5 Å². The quantitative estimate of drug-likeness (QED) is 0.823. The van der Waals surface area contributed by atoms with Gasteiger partial charge in [-0.25, -0.2) is 4.39 Å². The first-order valence-electron chi connectivity index (χ1n) is 6.55. The largest absolute Gasteiger partial charge is 0.492 e. The zero-order chi connectivity index (χ0) is 14.4. The average molecular weight is 274 g/mol. The number of anilines is 1. The Kier molecular flexibility index (Phi) is 4.96. The van der Waals surface area contributed by atoms with Crippen LogP contribution in [-0.2, 0) is 6.54 Å². The number of hydrogen-bond acceptors (Lipinski definition) is 3. The second-order valence-corrected chi connectivity index (χ2v) is 4.75. The third-order valence-corrected chi connectivity index (χ3v) is 3.02. The molecule has 0 aliphatic heterocycles. The van der Waals surface area contributed by atoms with Crippen LogP contribution in [0.15, 0.2) is 48.5 Å². The molecule has 2 aromatic carbocycles. The Hall–Kier alpha value is -2.07. The molecule has 0 aliphatic carbocycles. The molecule has 0 spiro atoms. The molecule has 0 fully saturated rings. The summed E-state index contributed by atoms with van der Waals surface area (Å²) in [5.74, 6) is 0.622. The van der Waals surface area contributed by atoms with Crippen molar-refractivity contribution in [3.05, 3.63) is 59.9 Å². The van der Waals surface area contributed by atoms with E-state index in [1.807, 2.05) is 30.1 Å². The predicted molar refractivity (Wildman–Crippen MR) is 79.1 cm³/mol. The maximum atomic E-state index is 13.5. The molecule has 0 aromatic heterocycles. The Morgan fingerprint density at radius 1 is 1.10 bits per heavy atom. The van der Waals surface area contributed by atoms with Gasteiger partial charge in [-0.3, -0.25) is 4.90 Å². The third kappa shape index (κ3) is 4.24. The number of rotatable bonds is 6. The van der Waals surface area contributed by atoms with Crippen molar-refractivity contribution >= 4 is 5.69 Å². The summed E-state index contributed by atoms with van der Waals surface area (Å²) >= 11 is 0. The molecule has 0 amide bonds. The first-order chi connectivity index (χ1) is 9.65. The summed E-state index contributed by atoms with van der Waals surface area (Å²) in [6, 6.07) is 14.1. The highest BCUT2D eigenvalue weighted by molar-refractivity contribution is 5.41. The minimum Gasteiger partial charge on any atom is -0.492 e. The van der Waals surface area contributed by atoms with Crippen LogP contribution in [-0.4, -0.2) is 25.1 Å². The Labute approximate surface area is 118 Å². The Bertz CT molecular complexity index is 542. The van der Waals surface area contributed by atoms with Crippen LogP contribution in [0.3, 0.4) is 0 Å². The highest BCUT2D eigenvalue weighted by Crippen LogP contribution is 2.13. The van der Waals surface area contributed by atoms with Crippen LogP contribution in [0, 0.1) is 5.82 Å². The van der Waals surface area contributed by atoms with Gasteiger partial charge in [0, 0.05) is 24.3 Å². The van der Waals surface area contributed by atoms with Crippen molar-refractivity contribution in [2.24, 2.45) is 0 Å². The maximum absolute atomic E-state index is 13.5. The molecule has 0 heterocycles. The highest BCUT2D eigenvalue weighted by Gasteiger charge is 2.05. The fraction of sp³-hybridized carbons (Fsp3) is 0.250. The van der Waals surface area contributed by atoms with Crippen molar-refractivity contribution in [2.45, 2.75) is 6.54 Å². The van der Waals surface area contributed by atoms with Gasteiger partial charge in [-0.15, -0.1) is 0 Å². The lowest BCUT2D eigenvalue weighted by Crippen LogP contribution is -2.24. The number of nitrogens with two attached hydrogens (primary N) is 1. The lowest BCUT2D eigenvalue weighted by molar-refractivity contribution is 0.231. The molecule has 0 bridgehead atoms. The molecule has 0 aliphatic rings. The predicted octanol–water partition coefficient (Wildman–Crippen LogP) is 2.92. The Morgan fingerprint density at radius 3 is 2.50 bits per heavy atom. The van der Waals surface area contributed by atoms with Gasteiger partial charge in [0.25, 0.3) is 0 Å². The zero-order valence-corrected chi connectivity index (χ0v) is 11.6. The van der Waals surface area contributed by atoms with Crippen molar-refractivity contribution < 1.29 is 9.13 Å². The third-order valence-electron chi connectivity index (χ3n) is 3.02. The molecular weight excluding hydrogens is 255 g/mol. The van der Waals surface area contributed by atoms with Crippen molar-refractivity contribution in [2.75, 3.05) is 25.9 Å². The van der Waals surface area contributed by atoms with Crippen LogP contribution in [0.2, 0.25) is 0 Å². The molecule has 106 valence electrons. The van der Waals surface area contributed by atoms with E-state index < -0.39 is 0 Å². The van der Waals surface area contributed by atoms with E-state index in [0.29, 0.717) is 24.4 Å². The number of ether oxygens (including phenoxy) is 1. The standard InChI is InChI=1S/C16H19FN2O/c1-19(12-13-4-2-3-5-16(13)17)10-11-20-15-8-6-14(18)7-9-15/h2-9H,10-12,18H2,1H3. The normalized spacial score (nSPS) is 10.8. The van der Waals surface area contributed by atoms with Crippen LogP contribution in [0.1, 0.15) is 5.56 Å². The summed E-state index contributed by atoms with van der Waals surface area (Å²) in [7, 11) is 1.94. The van der Waals surface area contributed by atoms with E-state index in [9.17, 15) is 4.39 Å². The van der Waals surface area contributed by atoms with E-state index in [-0.39, 0.29) is 5.82 Å². The molecule has 0 radical (unpaired) electrons.